The number of H-pyrrole nitrogens is 1. The average molecular weight is 221 g/mol. The van der Waals surface area contributed by atoms with Gasteiger partial charge in [-0.2, -0.15) is 0 Å². The molecule has 2 rings (SSSR count). The largest absolute Gasteiger partial charge is 0.504 e. The van der Waals surface area contributed by atoms with Gasteiger partial charge in [-0.25, -0.2) is 0 Å². The van der Waals surface area contributed by atoms with E-state index in [9.17, 15) is 10.2 Å². The molecule has 5 N–H and O–H groups in total. The predicted octanol–water partition coefficient (Wildman–Crippen LogP) is 0.566. The molecule has 84 valence electrons. The van der Waals surface area contributed by atoms with Crippen molar-refractivity contribution in [1.29, 1.82) is 0 Å². The zero-order chi connectivity index (χ0) is 11.7. The van der Waals surface area contributed by atoms with Crippen LogP contribution in [0.5, 0.6) is 11.5 Å². The number of para-hydroxylation sites is 1. The number of nitrogens with one attached hydrogen (secondary N) is 1. The van der Waals surface area contributed by atoms with Gasteiger partial charge in [0.15, 0.2) is 11.5 Å². The third-order valence-corrected chi connectivity index (χ3v) is 2.16. The number of aromatic nitrogens is 3. The highest BCUT2D eigenvalue weighted by atomic mass is 16.3. The molecule has 1 heterocycles. The Morgan fingerprint density at radius 2 is 2.06 bits per heavy atom. The van der Waals surface area contributed by atoms with Crippen molar-refractivity contribution in [3.8, 4) is 11.5 Å². The van der Waals surface area contributed by atoms with Crippen LogP contribution in [-0.4, -0.2) is 32.4 Å². The van der Waals surface area contributed by atoms with E-state index in [1.165, 1.54) is 11.0 Å². The van der Waals surface area contributed by atoms with Gasteiger partial charge in [-0.15, -0.1) is 10.2 Å². The van der Waals surface area contributed by atoms with E-state index >= 15 is 0 Å². The normalized spacial score (nSPS) is 10.3. The van der Waals surface area contributed by atoms with Crippen molar-refractivity contribution in [2.75, 3.05) is 17.7 Å². The van der Waals surface area contributed by atoms with E-state index in [1.54, 1.807) is 19.2 Å². The Labute approximate surface area is 91.2 Å². The molecule has 0 aliphatic heterocycles. The van der Waals surface area contributed by atoms with E-state index in [4.69, 9.17) is 5.73 Å². The summed E-state index contributed by atoms with van der Waals surface area (Å²) in [7, 11) is 1.66. The number of nitrogens with two attached hydrogens (primary N) is 1. The Morgan fingerprint density at radius 1 is 1.31 bits per heavy atom. The Morgan fingerprint density at radius 3 is 2.69 bits per heavy atom. The zero-order valence-electron chi connectivity index (χ0n) is 8.55. The molecule has 0 saturated heterocycles. The predicted molar refractivity (Wildman–Crippen MR) is 58.6 cm³/mol. The van der Waals surface area contributed by atoms with Gasteiger partial charge in [0.05, 0.1) is 5.69 Å². The average Bonchev–Trinajstić information content (AvgIpc) is 2.68. The summed E-state index contributed by atoms with van der Waals surface area (Å²) < 4.78 is 0. The molecular weight excluding hydrogens is 210 g/mol. The molecule has 0 atom stereocenters. The summed E-state index contributed by atoms with van der Waals surface area (Å²) in [6, 6.07) is 4.63. The number of nitrogen functional groups attached to an aromatic ring is 1. The van der Waals surface area contributed by atoms with Crippen LogP contribution in [-0.2, 0) is 0 Å². The van der Waals surface area contributed by atoms with Crippen LogP contribution in [0.4, 0.5) is 17.6 Å². The molecule has 0 saturated carbocycles. The first-order valence-corrected chi connectivity index (χ1v) is 4.52. The third-order valence-electron chi connectivity index (χ3n) is 2.16. The number of phenolic OH excluding ortho intramolecular Hbond substituents is 2. The molecule has 1 aromatic heterocycles. The van der Waals surface area contributed by atoms with Crippen molar-refractivity contribution >= 4 is 17.6 Å². The SMILES string of the molecule is CN(c1nnc(N)[nH]1)c1cccc(O)c1O. The van der Waals surface area contributed by atoms with E-state index in [2.05, 4.69) is 15.2 Å². The summed E-state index contributed by atoms with van der Waals surface area (Å²) in [5.41, 5.74) is 5.79. The fraction of sp³-hybridized carbons (Fsp3) is 0.111. The minimum Gasteiger partial charge on any atom is -0.504 e. The molecule has 2 aromatic rings. The van der Waals surface area contributed by atoms with Crippen LogP contribution in [0.3, 0.4) is 0 Å². The lowest BCUT2D eigenvalue weighted by atomic mass is 10.2. The van der Waals surface area contributed by atoms with Crippen molar-refractivity contribution in [2.24, 2.45) is 0 Å². The van der Waals surface area contributed by atoms with Gasteiger partial charge in [0.1, 0.15) is 0 Å². The van der Waals surface area contributed by atoms with Crippen molar-refractivity contribution in [3.63, 3.8) is 0 Å². The van der Waals surface area contributed by atoms with Crippen LogP contribution < -0.4 is 10.6 Å². The maximum Gasteiger partial charge on any atom is 0.230 e. The van der Waals surface area contributed by atoms with E-state index < -0.39 is 0 Å². The maximum absolute atomic E-state index is 9.65. The second-order valence-corrected chi connectivity index (χ2v) is 3.24. The van der Waals surface area contributed by atoms with Crippen LogP contribution in [0.25, 0.3) is 0 Å². The number of aromatic hydroxyl groups is 2. The van der Waals surface area contributed by atoms with E-state index in [0.717, 1.165) is 0 Å². The molecule has 1 aromatic carbocycles. The first-order valence-electron chi connectivity index (χ1n) is 4.52. The van der Waals surface area contributed by atoms with Gasteiger partial charge >= 0.3 is 0 Å². The van der Waals surface area contributed by atoms with Crippen LogP contribution in [0.15, 0.2) is 18.2 Å². The lowest BCUT2D eigenvalue weighted by Crippen LogP contribution is -2.11. The zero-order valence-corrected chi connectivity index (χ0v) is 8.55. The molecule has 0 fully saturated rings. The standard InChI is InChI=1S/C9H11N5O2/c1-14(9-11-8(10)12-13-9)5-3-2-4-6(15)7(5)16/h2-4,15-16H,1H3,(H3,10,11,12,13). The second-order valence-electron chi connectivity index (χ2n) is 3.24. The lowest BCUT2D eigenvalue weighted by Gasteiger charge is -2.16. The molecule has 7 nitrogen and oxygen atoms in total. The highest BCUT2D eigenvalue weighted by molar-refractivity contribution is 5.68. The van der Waals surface area contributed by atoms with Crippen LogP contribution in [0.1, 0.15) is 0 Å². The summed E-state index contributed by atoms with van der Waals surface area (Å²) in [4.78, 5) is 4.24. The first kappa shape index (κ1) is 10.1. The Balaban J connectivity index is 2.41. The number of hydrogen-bond donors (Lipinski definition) is 4. The summed E-state index contributed by atoms with van der Waals surface area (Å²) in [5.74, 6) is 0.136. The minimum atomic E-state index is -0.222. The molecule has 7 heteroatoms. The van der Waals surface area contributed by atoms with Gasteiger partial charge < -0.3 is 20.8 Å². The van der Waals surface area contributed by atoms with Crippen LogP contribution >= 0.6 is 0 Å². The second kappa shape index (κ2) is 3.61. The number of benzene rings is 1. The van der Waals surface area contributed by atoms with E-state index in [0.29, 0.717) is 11.6 Å². The lowest BCUT2D eigenvalue weighted by molar-refractivity contribution is 0.404. The Hall–Kier alpha value is -2.44. The fourth-order valence-electron chi connectivity index (χ4n) is 1.32. The molecule has 0 radical (unpaired) electrons. The molecule has 0 aliphatic rings. The van der Waals surface area contributed by atoms with Gasteiger partial charge in [0.2, 0.25) is 11.9 Å². The van der Waals surface area contributed by atoms with Crippen molar-refractivity contribution in [1.82, 2.24) is 15.2 Å². The highest BCUT2D eigenvalue weighted by Gasteiger charge is 2.14. The first-order chi connectivity index (χ1) is 7.59. The van der Waals surface area contributed by atoms with Crippen molar-refractivity contribution in [2.45, 2.75) is 0 Å². The number of phenols is 2. The van der Waals surface area contributed by atoms with E-state index in [-0.39, 0.29) is 17.4 Å². The molecule has 0 aliphatic carbocycles. The fourth-order valence-corrected chi connectivity index (χ4v) is 1.32. The molecule has 0 spiro atoms. The van der Waals surface area contributed by atoms with Gasteiger partial charge in [-0.1, -0.05) is 6.07 Å². The quantitative estimate of drug-likeness (QED) is 0.551. The molecule has 16 heavy (non-hydrogen) atoms. The molecular formula is C9H11N5O2. The van der Waals surface area contributed by atoms with Crippen molar-refractivity contribution < 1.29 is 10.2 Å². The summed E-state index contributed by atoms with van der Waals surface area (Å²) in [6.07, 6.45) is 0. The molecule has 0 unspecified atom stereocenters. The number of nitrogens with zero attached hydrogens (tertiary/aromatic N) is 3. The smallest absolute Gasteiger partial charge is 0.230 e. The number of aromatic amines is 1. The van der Waals surface area contributed by atoms with Crippen molar-refractivity contribution in [3.05, 3.63) is 18.2 Å². The molecule has 0 bridgehead atoms. The Bertz CT molecular complexity index is 510. The number of rotatable bonds is 2. The number of hydrogen-bond acceptors (Lipinski definition) is 6. The summed E-state index contributed by atoms with van der Waals surface area (Å²) in [6.45, 7) is 0. The monoisotopic (exact) mass is 221 g/mol. The topological polar surface area (TPSA) is 111 Å². The summed E-state index contributed by atoms with van der Waals surface area (Å²) in [5, 5.41) is 26.4. The minimum absolute atomic E-state index is 0.182. The van der Waals surface area contributed by atoms with Crippen LogP contribution in [0, 0.1) is 0 Å². The number of anilines is 3. The van der Waals surface area contributed by atoms with Crippen LogP contribution in [0.2, 0.25) is 0 Å². The van der Waals surface area contributed by atoms with Gasteiger partial charge in [0, 0.05) is 7.05 Å². The highest BCUT2D eigenvalue weighted by Crippen LogP contribution is 2.36. The molecule has 0 amide bonds. The maximum atomic E-state index is 9.65. The van der Waals surface area contributed by atoms with E-state index in [1.807, 2.05) is 0 Å². The third kappa shape index (κ3) is 1.58. The Kier molecular flexibility index (Phi) is 2.28. The summed E-state index contributed by atoms with van der Waals surface area (Å²) >= 11 is 0. The van der Waals surface area contributed by atoms with Gasteiger partial charge in [-0.3, -0.25) is 4.98 Å². The van der Waals surface area contributed by atoms with Gasteiger partial charge in [-0.05, 0) is 12.1 Å². The van der Waals surface area contributed by atoms with Gasteiger partial charge in [0.25, 0.3) is 0 Å².